The molecule has 2 N–H and O–H groups in total. The van der Waals surface area contributed by atoms with Crippen LogP contribution < -0.4 is 38.6 Å². The molecule has 0 radical (unpaired) electrons. The van der Waals surface area contributed by atoms with Gasteiger partial charge in [0.15, 0.2) is 0 Å². The highest BCUT2D eigenvalue weighted by Crippen LogP contribution is 2.55. The molecular weight excluding hydrogens is 425 g/mol. The summed E-state index contributed by atoms with van der Waals surface area (Å²) in [5.41, 5.74) is 5.65. The molecule has 0 amide bonds. The summed E-state index contributed by atoms with van der Waals surface area (Å²) in [7, 11) is -1.63. The van der Waals surface area contributed by atoms with Gasteiger partial charge in [-0.05, 0) is 62.2 Å². The first-order valence-electron chi connectivity index (χ1n) is 10.1. The molecule has 0 aliphatic carbocycles. The molecular formula is C25H31BrNP. The maximum absolute atomic E-state index is 5.65. The van der Waals surface area contributed by atoms with Crippen LogP contribution in [0, 0.1) is 0 Å². The van der Waals surface area contributed by atoms with Crippen molar-refractivity contribution in [3.63, 3.8) is 0 Å². The third kappa shape index (κ3) is 5.54. The molecule has 0 saturated heterocycles. The molecule has 0 saturated carbocycles. The zero-order valence-electron chi connectivity index (χ0n) is 16.5. The summed E-state index contributed by atoms with van der Waals surface area (Å²) in [5, 5.41) is 4.47. The van der Waals surface area contributed by atoms with Gasteiger partial charge in [0.05, 0.1) is 6.16 Å². The first-order valence-corrected chi connectivity index (χ1v) is 12.1. The summed E-state index contributed by atoms with van der Waals surface area (Å²) in [6.45, 7) is 0.814. The van der Waals surface area contributed by atoms with Crippen molar-refractivity contribution in [3.05, 3.63) is 91.0 Å². The second-order valence-corrected chi connectivity index (χ2v) is 10.7. The largest absolute Gasteiger partial charge is 1.00 e. The van der Waals surface area contributed by atoms with Gasteiger partial charge in [0, 0.05) is 0 Å². The molecule has 3 aromatic carbocycles. The second-order valence-electron chi connectivity index (χ2n) is 7.10. The van der Waals surface area contributed by atoms with E-state index in [2.05, 4.69) is 91.0 Å². The van der Waals surface area contributed by atoms with E-state index < -0.39 is 7.26 Å². The molecule has 1 nitrogen and oxygen atoms in total. The number of unbranched alkanes of at least 4 members (excludes halogenated alkanes) is 4. The second kappa shape index (κ2) is 12.2. The average molecular weight is 456 g/mol. The van der Waals surface area contributed by atoms with E-state index in [1.54, 1.807) is 0 Å². The molecule has 0 heterocycles. The molecule has 0 aliphatic heterocycles. The van der Waals surface area contributed by atoms with Crippen molar-refractivity contribution >= 4 is 23.2 Å². The summed E-state index contributed by atoms with van der Waals surface area (Å²) in [6.07, 6.45) is 7.47. The average Bonchev–Trinajstić information content (AvgIpc) is 2.75. The van der Waals surface area contributed by atoms with E-state index >= 15 is 0 Å². The minimum absolute atomic E-state index is 0. The van der Waals surface area contributed by atoms with E-state index in [0.29, 0.717) is 0 Å². The topological polar surface area (TPSA) is 26.0 Å². The molecule has 3 aromatic rings. The van der Waals surface area contributed by atoms with Crippen LogP contribution in [0.4, 0.5) is 0 Å². The van der Waals surface area contributed by atoms with Gasteiger partial charge >= 0.3 is 0 Å². The first kappa shape index (κ1) is 22.8. The summed E-state index contributed by atoms with van der Waals surface area (Å²) in [6, 6.07) is 33.5. The predicted molar refractivity (Wildman–Crippen MR) is 122 cm³/mol. The van der Waals surface area contributed by atoms with Crippen LogP contribution in [0.3, 0.4) is 0 Å². The Morgan fingerprint density at radius 2 is 0.857 bits per heavy atom. The van der Waals surface area contributed by atoms with Crippen molar-refractivity contribution < 1.29 is 17.0 Å². The third-order valence-corrected chi connectivity index (χ3v) is 9.81. The van der Waals surface area contributed by atoms with Gasteiger partial charge in [-0.2, -0.15) is 0 Å². The Labute approximate surface area is 181 Å². The lowest BCUT2D eigenvalue weighted by Crippen LogP contribution is -3.00. The smallest absolute Gasteiger partial charge is 0.112 e. The van der Waals surface area contributed by atoms with Gasteiger partial charge in [-0.1, -0.05) is 67.4 Å². The number of hydrogen-bond acceptors (Lipinski definition) is 1. The lowest BCUT2D eigenvalue weighted by atomic mass is 10.2. The van der Waals surface area contributed by atoms with E-state index in [0.717, 1.165) is 13.0 Å². The number of hydrogen-bond donors (Lipinski definition) is 1. The predicted octanol–water partition coefficient (Wildman–Crippen LogP) is 1.89. The Balaban J connectivity index is 0.00000280. The van der Waals surface area contributed by atoms with Crippen LogP contribution in [0.2, 0.25) is 0 Å². The fourth-order valence-electron chi connectivity index (χ4n) is 3.91. The highest BCUT2D eigenvalue weighted by Gasteiger charge is 2.44. The zero-order chi connectivity index (χ0) is 18.8. The molecule has 0 unspecified atom stereocenters. The fourth-order valence-corrected chi connectivity index (χ4v) is 8.32. The molecule has 0 bridgehead atoms. The van der Waals surface area contributed by atoms with Crippen LogP contribution in [-0.2, 0) is 0 Å². The van der Waals surface area contributed by atoms with Crippen molar-refractivity contribution in [1.29, 1.82) is 0 Å². The van der Waals surface area contributed by atoms with Gasteiger partial charge in [0.1, 0.15) is 23.2 Å². The Hall–Kier alpha value is -1.47. The summed E-state index contributed by atoms with van der Waals surface area (Å²) >= 11 is 0. The summed E-state index contributed by atoms with van der Waals surface area (Å²) < 4.78 is 0. The quantitative estimate of drug-likeness (QED) is 0.366. The summed E-state index contributed by atoms with van der Waals surface area (Å²) in [4.78, 5) is 0. The molecule has 0 spiro atoms. The van der Waals surface area contributed by atoms with Crippen molar-refractivity contribution in [2.75, 3.05) is 12.7 Å². The highest BCUT2D eigenvalue weighted by atomic mass is 79.9. The number of rotatable bonds is 10. The first-order chi connectivity index (χ1) is 13.4. The van der Waals surface area contributed by atoms with Gasteiger partial charge < -0.3 is 22.7 Å². The van der Waals surface area contributed by atoms with Crippen LogP contribution in [0.1, 0.15) is 32.1 Å². The van der Waals surface area contributed by atoms with Gasteiger partial charge in [-0.15, -0.1) is 0 Å². The van der Waals surface area contributed by atoms with Crippen LogP contribution >= 0.6 is 7.26 Å². The lowest BCUT2D eigenvalue weighted by molar-refractivity contribution is -0.00000545. The molecule has 28 heavy (non-hydrogen) atoms. The lowest BCUT2D eigenvalue weighted by Gasteiger charge is -2.27. The maximum Gasteiger partial charge on any atom is 0.112 e. The van der Waals surface area contributed by atoms with E-state index in [4.69, 9.17) is 5.73 Å². The Morgan fingerprint density at radius 3 is 1.25 bits per heavy atom. The van der Waals surface area contributed by atoms with Crippen molar-refractivity contribution in [2.45, 2.75) is 32.1 Å². The van der Waals surface area contributed by atoms with Crippen molar-refractivity contribution in [2.24, 2.45) is 5.73 Å². The monoisotopic (exact) mass is 455 g/mol. The van der Waals surface area contributed by atoms with Crippen LogP contribution in [-0.4, -0.2) is 12.7 Å². The van der Waals surface area contributed by atoms with Crippen molar-refractivity contribution in [3.8, 4) is 0 Å². The fraction of sp³-hybridized carbons (Fsp3) is 0.280. The van der Waals surface area contributed by atoms with Crippen LogP contribution in [0.5, 0.6) is 0 Å². The molecule has 0 atom stereocenters. The molecule has 0 fully saturated rings. The van der Waals surface area contributed by atoms with Gasteiger partial charge in [0.2, 0.25) is 0 Å². The van der Waals surface area contributed by atoms with Crippen molar-refractivity contribution in [1.82, 2.24) is 0 Å². The molecule has 3 rings (SSSR count). The van der Waals surface area contributed by atoms with E-state index in [-0.39, 0.29) is 17.0 Å². The molecule has 0 aromatic heterocycles. The van der Waals surface area contributed by atoms with Crippen LogP contribution in [0.15, 0.2) is 91.0 Å². The minimum Gasteiger partial charge on any atom is -1.00 e. The Morgan fingerprint density at radius 1 is 0.500 bits per heavy atom. The maximum atomic E-state index is 5.65. The summed E-state index contributed by atoms with van der Waals surface area (Å²) in [5.74, 6) is 0. The third-order valence-electron chi connectivity index (χ3n) is 5.29. The van der Waals surface area contributed by atoms with E-state index in [1.807, 2.05) is 0 Å². The number of nitrogens with two attached hydrogens (primary N) is 1. The Bertz CT molecular complexity index is 681. The van der Waals surface area contributed by atoms with Gasteiger partial charge in [0.25, 0.3) is 0 Å². The van der Waals surface area contributed by atoms with Crippen LogP contribution in [0.25, 0.3) is 0 Å². The molecule has 148 valence electrons. The van der Waals surface area contributed by atoms with E-state index in [9.17, 15) is 0 Å². The van der Waals surface area contributed by atoms with Gasteiger partial charge in [-0.25, -0.2) is 0 Å². The normalized spacial score (nSPS) is 11.0. The number of halogens is 1. The SMILES string of the molecule is NCCCCCCC[P+](c1ccccc1)(c1ccccc1)c1ccccc1.[Br-]. The zero-order valence-corrected chi connectivity index (χ0v) is 19.0. The van der Waals surface area contributed by atoms with Gasteiger partial charge in [-0.3, -0.25) is 0 Å². The minimum atomic E-state index is -1.63. The van der Waals surface area contributed by atoms with E-state index in [1.165, 1.54) is 47.8 Å². The number of benzene rings is 3. The molecule has 3 heteroatoms. The Kier molecular flexibility index (Phi) is 9.92. The highest BCUT2D eigenvalue weighted by molar-refractivity contribution is 7.95. The molecule has 0 aliphatic rings. The standard InChI is InChI=1S/C25H31NP.BrH/c26-21-13-2-1-3-14-22-27(23-15-7-4-8-16-23,24-17-9-5-10-18-24)25-19-11-6-12-20-25;/h4-12,15-20H,1-3,13-14,21-22,26H2;1H/q+1;/p-1.